The maximum Gasteiger partial charge on any atom is 1.00 e. The van der Waals surface area contributed by atoms with Gasteiger partial charge in [0.25, 0.3) is 5.69 Å². The minimum Gasteiger partial charge on any atom is -0.545 e. The topological polar surface area (TPSA) is 109 Å². The van der Waals surface area contributed by atoms with Gasteiger partial charge in [-0.2, -0.15) is 0 Å². The van der Waals surface area contributed by atoms with E-state index in [0.29, 0.717) is 17.1 Å². The number of nitro groups is 1. The van der Waals surface area contributed by atoms with Crippen LogP contribution in [-0.4, -0.2) is 17.1 Å². The fourth-order valence-electron chi connectivity index (χ4n) is 2.30. The molecule has 1 heterocycles. The Morgan fingerprint density at radius 1 is 1.04 bits per heavy atom. The number of carboxylic acid groups (broad SMARTS) is 1. The minimum atomic E-state index is -1.33. The van der Waals surface area contributed by atoms with Gasteiger partial charge in [0.05, 0.1) is 28.4 Å². The summed E-state index contributed by atoms with van der Waals surface area (Å²) in [5, 5.41) is 22.1. The molecule has 0 amide bonds. The standard InChI is InChI=1S/C18H12N2O5.Na/c21-18(22)13-5-1-3-7-15(13)19-11-12-9-10-17(25-12)14-6-2-4-8-16(14)20(23)24;/h1-11H,(H,21,22);/q;+1/p-1. The SMILES string of the molecule is O=C([O-])c1ccccc1N=Cc1ccc(-c2ccccc2[N+](=O)[O-])o1.[Na+]. The van der Waals surface area contributed by atoms with Crippen molar-refractivity contribution in [3.63, 3.8) is 0 Å². The van der Waals surface area contributed by atoms with Crippen LogP contribution in [0, 0.1) is 10.1 Å². The van der Waals surface area contributed by atoms with Crippen LogP contribution in [0.4, 0.5) is 11.4 Å². The van der Waals surface area contributed by atoms with Crippen molar-refractivity contribution in [2.24, 2.45) is 4.99 Å². The average Bonchev–Trinajstić information content (AvgIpc) is 3.09. The van der Waals surface area contributed by atoms with Gasteiger partial charge in [-0.15, -0.1) is 0 Å². The summed E-state index contributed by atoms with van der Waals surface area (Å²) < 4.78 is 5.57. The number of benzene rings is 2. The fourth-order valence-corrected chi connectivity index (χ4v) is 2.30. The smallest absolute Gasteiger partial charge is 0.545 e. The molecule has 0 saturated heterocycles. The third-order valence-electron chi connectivity index (χ3n) is 3.45. The number of carbonyl (C=O) groups is 1. The van der Waals surface area contributed by atoms with Crippen molar-refractivity contribution < 1.29 is 48.8 Å². The van der Waals surface area contributed by atoms with Gasteiger partial charge in [-0.25, -0.2) is 0 Å². The second-order valence-corrected chi connectivity index (χ2v) is 5.04. The van der Waals surface area contributed by atoms with E-state index in [1.807, 2.05) is 0 Å². The molecule has 0 unspecified atom stereocenters. The number of aromatic carboxylic acids is 1. The Balaban J connectivity index is 0.00000243. The summed E-state index contributed by atoms with van der Waals surface area (Å²) in [5.41, 5.74) is 0.472. The van der Waals surface area contributed by atoms with Crippen molar-refractivity contribution in [1.82, 2.24) is 0 Å². The number of hydrogen-bond acceptors (Lipinski definition) is 6. The first kappa shape index (κ1) is 19.6. The van der Waals surface area contributed by atoms with Gasteiger partial charge in [0.2, 0.25) is 0 Å². The number of nitrogens with zero attached hydrogens (tertiary/aromatic N) is 2. The Hall–Kier alpha value is -2.74. The van der Waals surface area contributed by atoms with Crippen LogP contribution in [0.1, 0.15) is 16.1 Å². The van der Waals surface area contributed by atoms with Crippen molar-refractivity contribution in [3.8, 4) is 11.3 Å². The van der Waals surface area contributed by atoms with Crippen LogP contribution >= 0.6 is 0 Å². The quantitative estimate of drug-likeness (QED) is 0.275. The molecular formula is C18H11N2NaO5. The first-order valence-electron chi connectivity index (χ1n) is 7.24. The van der Waals surface area contributed by atoms with Gasteiger partial charge < -0.3 is 14.3 Å². The van der Waals surface area contributed by atoms with Crippen LogP contribution in [0.5, 0.6) is 0 Å². The number of para-hydroxylation sites is 2. The van der Waals surface area contributed by atoms with E-state index in [4.69, 9.17) is 4.42 Å². The van der Waals surface area contributed by atoms with E-state index in [1.54, 1.807) is 42.5 Å². The summed E-state index contributed by atoms with van der Waals surface area (Å²) in [6.45, 7) is 0. The van der Waals surface area contributed by atoms with Gasteiger partial charge >= 0.3 is 29.6 Å². The predicted molar refractivity (Wildman–Crippen MR) is 88.8 cm³/mol. The normalized spacial score (nSPS) is 10.5. The van der Waals surface area contributed by atoms with Crippen LogP contribution in [0.2, 0.25) is 0 Å². The second kappa shape index (κ2) is 8.57. The van der Waals surface area contributed by atoms with E-state index in [9.17, 15) is 20.0 Å². The van der Waals surface area contributed by atoms with Gasteiger partial charge in [-0.1, -0.05) is 30.3 Å². The largest absolute Gasteiger partial charge is 1.00 e. The van der Waals surface area contributed by atoms with Crippen molar-refractivity contribution in [2.75, 3.05) is 0 Å². The molecule has 3 aromatic rings. The number of hydrogen-bond donors (Lipinski definition) is 0. The van der Waals surface area contributed by atoms with Crippen molar-refractivity contribution in [1.29, 1.82) is 0 Å². The molecule has 0 fully saturated rings. The molecule has 26 heavy (non-hydrogen) atoms. The van der Waals surface area contributed by atoms with E-state index in [0.717, 1.165) is 0 Å². The molecule has 0 radical (unpaired) electrons. The van der Waals surface area contributed by atoms with E-state index >= 15 is 0 Å². The molecule has 7 nitrogen and oxygen atoms in total. The third-order valence-corrected chi connectivity index (χ3v) is 3.45. The molecule has 8 heteroatoms. The maximum atomic E-state index is 11.1. The second-order valence-electron chi connectivity index (χ2n) is 5.04. The molecule has 0 atom stereocenters. The van der Waals surface area contributed by atoms with Crippen molar-refractivity contribution >= 4 is 23.6 Å². The third kappa shape index (κ3) is 4.26. The Morgan fingerprint density at radius 2 is 1.73 bits per heavy atom. The Morgan fingerprint density at radius 3 is 2.46 bits per heavy atom. The molecule has 3 rings (SSSR count). The zero-order valence-corrected chi connectivity index (χ0v) is 15.8. The number of nitro benzene ring substituents is 1. The minimum absolute atomic E-state index is 0. The summed E-state index contributed by atoms with van der Waals surface area (Å²) >= 11 is 0. The molecule has 0 aliphatic heterocycles. The molecule has 2 aromatic carbocycles. The Bertz CT molecular complexity index is 981. The molecule has 0 aliphatic carbocycles. The molecule has 0 aliphatic rings. The van der Waals surface area contributed by atoms with Gasteiger partial charge in [-0.05, 0) is 24.3 Å². The molecular weight excluding hydrogens is 347 g/mol. The summed E-state index contributed by atoms with van der Waals surface area (Å²) in [7, 11) is 0. The number of rotatable bonds is 5. The molecule has 0 spiro atoms. The van der Waals surface area contributed by atoms with Crippen LogP contribution in [0.3, 0.4) is 0 Å². The number of carbonyl (C=O) groups excluding carboxylic acids is 1. The van der Waals surface area contributed by atoms with Gasteiger partial charge in [-0.3, -0.25) is 15.1 Å². The predicted octanol–water partition coefficient (Wildman–Crippen LogP) is -0.0271. The first-order valence-corrected chi connectivity index (χ1v) is 7.24. The molecule has 1 aromatic heterocycles. The molecule has 0 N–H and O–H groups in total. The van der Waals surface area contributed by atoms with Crippen molar-refractivity contribution in [2.45, 2.75) is 0 Å². The monoisotopic (exact) mass is 358 g/mol. The Labute approximate surface area is 170 Å². The maximum absolute atomic E-state index is 11.1. The number of aliphatic imine (C=N–C) groups is 1. The fraction of sp³-hybridized carbons (Fsp3) is 0. The van der Waals surface area contributed by atoms with E-state index in [2.05, 4.69) is 4.99 Å². The van der Waals surface area contributed by atoms with Crippen LogP contribution in [0.25, 0.3) is 11.3 Å². The number of carboxylic acids is 1. The van der Waals surface area contributed by atoms with E-state index in [1.165, 1.54) is 24.4 Å². The molecule has 0 saturated carbocycles. The van der Waals surface area contributed by atoms with Crippen molar-refractivity contribution in [3.05, 3.63) is 82.1 Å². The van der Waals surface area contributed by atoms with Gasteiger partial charge in [0, 0.05) is 11.6 Å². The summed E-state index contributed by atoms with van der Waals surface area (Å²) in [6.07, 6.45) is 1.35. The van der Waals surface area contributed by atoms with Crippen LogP contribution < -0.4 is 34.7 Å². The van der Waals surface area contributed by atoms with Crippen LogP contribution in [-0.2, 0) is 0 Å². The average molecular weight is 358 g/mol. The van der Waals surface area contributed by atoms with E-state index < -0.39 is 10.9 Å². The number of furan rings is 1. The summed E-state index contributed by atoms with van der Waals surface area (Å²) in [6, 6.07) is 15.6. The molecule has 0 bridgehead atoms. The zero-order chi connectivity index (χ0) is 17.8. The first-order chi connectivity index (χ1) is 12.1. The summed E-state index contributed by atoms with van der Waals surface area (Å²) in [5.74, 6) is -0.670. The summed E-state index contributed by atoms with van der Waals surface area (Å²) in [4.78, 5) is 25.7. The van der Waals surface area contributed by atoms with Gasteiger partial charge in [0.1, 0.15) is 11.5 Å². The molecule has 124 valence electrons. The van der Waals surface area contributed by atoms with Gasteiger partial charge in [0.15, 0.2) is 0 Å². The van der Waals surface area contributed by atoms with Crippen LogP contribution in [0.15, 0.2) is 70.1 Å². The van der Waals surface area contributed by atoms with E-state index in [-0.39, 0.29) is 46.5 Å². The Kier molecular flexibility index (Phi) is 6.46. The zero-order valence-electron chi connectivity index (χ0n) is 13.8.